The lowest BCUT2D eigenvalue weighted by molar-refractivity contribution is -0.00292. The molecule has 9 nitrogen and oxygen atoms in total. The van der Waals surface area contributed by atoms with Crippen LogP contribution in [0.5, 0.6) is 0 Å². The van der Waals surface area contributed by atoms with Crippen molar-refractivity contribution in [2.24, 2.45) is 0 Å². The molecule has 0 aromatic rings. The van der Waals surface area contributed by atoms with Crippen molar-refractivity contribution in [2.75, 3.05) is 20.0 Å². The van der Waals surface area contributed by atoms with Crippen molar-refractivity contribution in [3.05, 3.63) is 0 Å². The van der Waals surface area contributed by atoms with Crippen LogP contribution in [0.1, 0.15) is 0 Å². The molecule has 0 spiro atoms. The molecule has 3 amide bonds. The quantitative estimate of drug-likeness (QED) is 0.519. The Balaban J connectivity index is 2.77. The van der Waals surface area contributed by atoms with Gasteiger partial charge < -0.3 is 15.3 Å². The zero-order valence-electron chi connectivity index (χ0n) is 7.53. The summed E-state index contributed by atoms with van der Waals surface area (Å²) in [5.74, 6) is 0. The molecule has 1 aliphatic heterocycles. The zero-order chi connectivity index (χ0) is 11.6. The molecule has 1 aliphatic rings. The van der Waals surface area contributed by atoms with Crippen LogP contribution in [0.2, 0.25) is 0 Å². The maximum absolute atomic E-state index is 10.6. The van der Waals surface area contributed by atoms with Gasteiger partial charge >= 0.3 is 18.3 Å². The van der Waals surface area contributed by atoms with E-state index < -0.39 is 18.3 Å². The van der Waals surface area contributed by atoms with E-state index in [0.29, 0.717) is 14.7 Å². The number of carbonyl (C=O) groups is 3. The van der Waals surface area contributed by atoms with Gasteiger partial charge in [0.2, 0.25) is 0 Å². The van der Waals surface area contributed by atoms with Crippen molar-refractivity contribution in [1.82, 2.24) is 14.7 Å². The normalized spacial score (nSPS) is 16.4. The van der Waals surface area contributed by atoms with Crippen LogP contribution in [0.15, 0.2) is 0 Å². The Morgan fingerprint density at radius 3 is 1.00 bits per heavy atom. The second-order valence-electron chi connectivity index (χ2n) is 2.89. The molecule has 0 radical (unpaired) electrons. The van der Waals surface area contributed by atoms with Gasteiger partial charge in [0.05, 0.1) is 0 Å². The van der Waals surface area contributed by atoms with E-state index in [9.17, 15) is 14.4 Å². The van der Waals surface area contributed by atoms with Crippen LogP contribution >= 0.6 is 0 Å². The second-order valence-corrected chi connectivity index (χ2v) is 2.89. The van der Waals surface area contributed by atoms with Gasteiger partial charge in [-0.25, -0.2) is 14.4 Å². The van der Waals surface area contributed by atoms with E-state index in [4.69, 9.17) is 15.3 Å². The molecule has 1 saturated heterocycles. The second kappa shape index (κ2) is 3.90. The van der Waals surface area contributed by atoms with E-state index in [2.05, 4.69) is 0 Å². The van der Waals surface area contributed by atoms with Crippen LogP contribution in [0.3, 0.4) is 0 Å². The molecular weight excluding hydrogens is 210 g/mol. The van der Waals surface area contributed by atoms with Crippen LogP contribution in [0.4, 0.5) is 14.4 Å². The Labute approximate surface area is 83.7 Å². The molecular formula is C6H9N3O6. The molecule has 0 bridgehead atoms. The molecule has 1 heterocycles. The SMILES string of the molecule is O=C(O)N1CN(C(=O)O)CN(C(=O)O)C1. The van der Waals surface area contributed by atoms with E-state index >= 15 is 0 Å². The van der Waals surface area contributed by atoms with Gasteiger partial charge in [-0.1, -0.05) is 0 Å². The van der Waals surface area contributed by atoms with Gasteiger partial charge in [0.1, 0.15) is 20.0 Å². The van der Waals surface area contributed by atoms with Gasteiger partial charge in [-0.15, -0.1) is 0 Å². The minimum atomic E-state index is -1.37. The first-order valence-electron chi connectivity index (χ1n) is 3.85. The summed E-state index contributed by atoms with van der Waals surface area (Å²) in [7, 11) is 0. The van der Waals surface area contributed by atoms with Crippen molar-refractivity contribution in [1.29, 1.82) is 0 Å². The molecule has 0 aromatic heterocycles. The summed E-state index contributed by atoms with van der Waals surface area (Å²) in [6.45, 7) is -1.06. The molecule has 84 valence electrons. The highest BCUT2D eigenvalue weighted by Crippen LogP contribution is 2.08. The molecule has 0 aliphatic carbocycles. The molecule has 1 rings (SSSR count). The van der Waals surface area contributed by atoms with E-state index in [1.54, 1.807) is 0 Å². The van der Waals surface area contributed by atoms with Crippen molar-refractivity contribution >= 4 is 18.3 Å². The summed E-state index contributed by atoms with van der Waals surface area (Å²) in [6, 6.07) is 0. The molecule has 0 atom stereocenters. The van der Waals surface area contributed by atoms with Crippen LogP contribution in [-0.4, -0.2) is 68.3 Å². The highest BCUT2D eigenvalue weighted by Gasteiger charge is 2.31. The molecule has 0 saturated carbocycles. The zero-order valence-corrected chi connectivity index (χ0v) is 7.53. The van der Waals surface area contributed by atoms with Crippen molar-refractivity contribution in [3.63, 3.8) is 0 Å². The average Bonchev–Trinajstić information content (AvgIpc) is 2.16. The van der Waals surface area contributed by atoms with E-state index in [0.717, 1.165) is 0 Å². The molecule has 3 N–H and O–H groups in total. The largest absolute Gasteiger partial charge is 0.465 e. The summed E-state index contributed by atoms with van der Waals surface area (Å²) < 4.78 is 0. The average molecular weight is 219 g/mol. The summed E-state index contributed by atoms with van der Waals surface area (Å²) in [6.07, 6.45) is -4.10. The smallest absolute Gasteiger partial charge is 0.410 e. The summed E-state index contributed by atoms with van der Waals surface area (Å²) in [5.41, 5.74) is 0. The van der Waals surface area contributed by atoms with Crippen molar-refractivity contribution < 1.29 is 29.7 Å². The van der Waals surface area contributed by atoms with Gasteiger partial charge in [-0.3, -0.25) is 14.7 Å². The topological polar surface area (TPSA) is 122 Å². The van der Waals surface area contributed by atoms with Gasteiger partial charge in [-0.05, 0) is 0 Å². The Morgan fingerprint density at radius 2 is 0.867 bits per heavy atom. The van der Waals surface area contributed by atoms with Crippen molar-refractivity contribution in [3.8, 4) is 0 Å². The number of hydrogen-bond acceptors (Lipinski definition) is 3. The fourth-order valence-electron chi connectivity index (χ4n) is 1.12. The first kappa shape index (κ1) is 10.9. The first-order valence-corrected chi connectivity index (χ1v) is 3.85. The molecule has 0 aromatic carbocycles. The number of rotatable bonds is 0. The predicted octanol–water partition coefficient (Wildman–Crippen LogP) is -0.188. The molecule has 15 heavy (non-hydrogen) atoms. The van der Waals surface area contributed by atoms with Gasteiger partial charge in [0.15, 0.2) is 0 Å². The van der Waals surface area contributed by atoms with E-state index in [1.165, 1.54) is 0 Å². The number of hydrogen-bond donors (Lipinski definition) is 3. The Bertz CT molecular complexity index is 252. The maximum Gasteiger partial charge on any atom is 0.410 e. The Hall–Kier alpha value is -2.19. The number of amides is 3. The predicted molar refractivity (Wildman–Crippen MR) is 44.2 cm³/mol. The maximum atomic E-state index is 10.6. The van der Waals surface area contributed by atoms with Crippen LogP contribution in [-0.2, 0) is 0 Å². The third-order valence-electron chi connectivity index (χ3n) is 1.84. The number of nitrogens with zero attached hydrogens (tertiary/aromatic N) is 3. The summed E-state index contributed by atoms with van der Waals surface area (Å²) in [4.78, 5) is 33.8. The third-order valence-corrected chi connectivity index (χ3v) is 1.84. The fourth-order valence-corrected chi connectivity index (χ4v) is 1.12. The lowest BCUT2D eigenvalue weighted by Gasteiger charge is -2.37. The van der Waals surface area contributed by atoms with E-state index in [-0.39, 0.29) is 20.0 Å². The highest BCUT2D eigenvalue weighted by atomic mass is 16.4. The highest BCUT2D eigenvalue weighted by molar-refractivity contribution is 5.71. The lowest BCUT2D eigenvalue weighted by Crippen LogP contribution is -2.58. The Kier molecular flexibility index (Phi) is 2.83. The fraction of sp³-hybridized carbons (Fsp3) is 0.500. The summed E-state index contributed by atoms with van der Waals surface area (Å²) >= 11 is 0. The van der Waals surface area contributed by atoms with Crippen LogP contribution < -0.4 is 0 Å². The summed E-state index contributed by atoms with van der Waals surface area (Å²) in [5, 5.41) is 25.9. The molecule has 9 heteroatoms. The first-order chi connectivity index (χ1) is 6.91. The minimum Gasteiger partial charge on any atom is -0.465 e. The van der Waals surface area contributed by atoms with Gasteiger partial charge in [-0.2, -0.15) is 0 Å². The minimum absolute atomic E-state index is 0.353. The van der Waals surface area contributed by atoms with Gasteiger partial charge in [0.25, 0.3) is 0 Å². The molecule has 0 unspecified atom stereocenters. The van der Waals surface area contributed by atoms with Crippen molar-refractivity contribution in [2.45, 2.75) is 0 Å². The Morgan fingerprint density at radius 1 is 0.667 bits per heavy atom. The van der Waals surface area contributed by atoms with Gasteiger partial charge in [0, 0.05) is 0 Å². The van der Waals surface area contributed by atoms with Crippen LogP contribution in [0.25, 0.3) is 0 Å². The third kappa shape index (κ3) is 2.39. The monoisotopic (exact) mass is 219 g/mol. The lowest BCUT2D eigenvalue weighted by atomic mass is 10.5. The van der Waals surface area contributed by atoms with Crippen LogP contribution in [0, 0.1) is 0 Å². The molecule has 1 fully saturated rings. The van der Waals surface area contributed by atoms with E-state index in [1.807, 2.05) is 0 Å². The standard InChI is InChI=1S/C6H9N3O6/c10-4(11)7-1-8(5(12)13)3-9(2-7)6(14)15/h1-3H2,(H,10,11)(H,12,13)(H,14,15). The number of carboxylic acid groups (broad SMARTS) is 3.